The lowest BCUT2D eigenvalue weighted by atomic mass is 10.3. The van der Waals surface area contributed by atoms with E-state index < -0.39 is 10.0 Å². The van der Waals surface area contributed by atoms with E-state index in [0.717, 1.165) is 3.97 Å². The third-order valence-electron chi connectivity index (χ3n) is 2.16. The van der Waals surface area contributed by atoms with Gasteiger partial charge in [0.05, 0.1) is 7.11 Å². The molecule has 0 saturated carbocycles. The Bertz CT molecular complexity index is 623. The van der Waals surface area contributed by atoms with Crippen molar-refractivity contribution in [2.75, 3.05) is 7.11 Å². The van der Waals surface area contributed by atoms with E-state index in [9.17, 15) is 8.42 Å². The zero-order valence-electron chi connectivity index (χ0n) is 8.87. The summed E-state index contributed by atoms with van der Waals surface area (Å²) in [6.45, 7) is 0. The fraction of sp³-hybridized carbons (Fsp3) is 0.100. The largest absolute Gasteiger partial charge is 0.495 e. The minimum atomic E-state index is -3.68. The van der Waals surface area contributed by atoms with Gasteiger partial charge in [-0.2, -0.15) is 0 Å². The summed E-state index contributed by atoms with van der Waals surface area (Å²) >= 11 is 5.78. The van der Waals surface area contributed by atoms with Crippen LogP contribution in [0.25, 0.3) is 0 Å². The summed E-state index contributed by atoms with van der Waals surface area (Å²) in [6.07, 6.45) is 3.95. The number of hydrogen-bond donors (Lipinski definition) is 0. The molecular formula is C10H9ClN2O3S. The molecule has 17 heavy (non-hydrogen) atoms. The summed E-state index contributed by atoms with van der Waals surface area (Å²) in [5.41, 5.74) is 0. The topological polar surface area (TPSA) is 61.2 Å². The molecule has 0 unspecified atom stereocenters. The van der Waals surface area contributed by atoms with Crippen LogP contribution in [0.2, 0.25) is 5.02 Å². The maximum atomic E-state index is 12.2. The van der Waals surface area contributed by atoms with Gasteiger partial charge >= 0.3 is 0 Å². The molecule has 0 aliphatic carbocycles. The van der Waals surface area contributed by atoms with Crippen LogP contribution >= 0.6 is 11.6 Å². The van der Waals surface area contributed by atoms with E-state index in [1.54, 1.807) is 0 Å². The van der Waals surface area contributed by atoms with Gasteiger partial charge in [-0.15, -0.1) is 0 Å². The normalized spacial score (nSPS) is 11.4. The number of ether oxygens (including phenoxy) is 1. The van der Waals surface area contributed by atoms with Gasteiger partial charge in [-0.3, -0.25) is 0 Å². The van der Waals surface area contributed by atoms with Crippen molar-refractivity contribution in [2.45, 2.75) is 4.90 Å². The smallest absolute Gasteiger partial charge is 0.272 e. The Morgan fingerprint density at radius 3 is 2.76 bits per heavy atom. The Hall–Kier alpha value is -1.53. The molecule has 5 nitrogen and oxygen atoms in total. The lowest BCUT2D eigenvalue weighted by molar-refractivity contribution is 0.402. The highest BCUT2D eigenvalue weighted by Crippen LogP contribution is 2.28. The summed E-state index contributed by atoms with van der Waals surface area (Å²) in [5.74, 6) is 0.200. The van der Waals surface area contributed by atoms with E-state index in [0.29, 0.717) is 5.02 Å². The molecule has 0 spiro atoms. The van der Waals surface area contributed by atoms with Gasteiger partial charge in [0.2, 0.25) is 0 Å². The fourth-order valence-corrected chi connectivity index (χ4v) is 2.78. The number of nitrogens with zero attached hydrogens (tertiary/aromatic N) is 2. The van der Waals surface area contributed by atoms with Gasteiger partial charge in [0.1, 0.15) is 17.0 Å². The van der Waals surface area contributed by atoms with Crippen molar-refractivity contribution in [3.8, 4) is 5.75 Å². The van der Waals surface area contributed by atoms with Crippen molar-refractivity contribution in [1.29, 1.82) is 0 Å². The molecule has 0 saturated heterocycles. The van der Waals surface area contributed by atoms with Crippen LogP contribution < -0.4 is 4.74 Å². The minimum Gasteiger partial charge on any atom is -0.495 e. The molecule has 90 valence electrons. The van der Waals surface area contributed by atoms with Crippen LogP contribution in [-0.4, -0.2) is 24.5 Å². The van der Waals surface area contributed by atoms with Gasteiger partial charge in [-0.1, -0.05) is 11.6 Å². The van der Waals surface area contributed by atoms with E-state index in [2.05, 4.69) is 4.98 Å². The number of hydrogen-bond acceptors (Lipinski definition) is 4. The molecule has 0 aliphatic heterocycles. The Balaban J connectivity index is 2.62. The molecule has 1 heterocycles. The monoisotopic (exact) mass is 272 g/mol. The molecule has 0 N–H and O–H groups in total. The summed E-state index contributed by atoms with van der Waals surface area (Å²) in [6, 6.07) is 4.34. The van der Waals surface area contributed by atoms with E-state index >= 15 is 0 Å². The van der Waals surface area contributed by atoms with Crippen LogP contribution in [0.5, 0.6) is 5.75 Å². The molecule has 2 aromatic rings. The minimum absolute atomic E-state index is 0.0439. The second-order valence-corrected chi connectivity index (χ2v) is 5.44. The number of methoxy groups -OCH3 is 1. The molecule has 0 fully saturated rings. The zero-order valence-corrected chi connectivity index (χ0v) is 10.4. The fourth-order valence-electron chi connectivity index (χ4n) is 1.36. The Labute approximate surface area is 104 Å². The van der Waals surface area contributed by atoms with Gasteiger partial charge in [0.25, 0.3) is 10.0 Å². The Morgan fingerprint density at radius 2 is 2.18 bits per heavy atom. The lowest BCUT2D eigenvalue weighted by Gasteiger charge is -2.09. The maximum absolute atomic E-state index is 12.2. The molecule has 0 amide bonds. The van der Waals surface area contributed by atoms with Crippen LogP contribution in [0.15, 0.2) is 41.8 Å². The highest BCUT2D eigenvalue weighted by molar-refractivity contribution is 7.90. The van der Waals surface area contributed by atoms with Gasteiger partial charge in [0, 0.05) is 23.5 Å². The maximum Gasteiger partial charge on any atom is 0.272 e. The summed E-state index contributed by atoms with van der Waals surface area (Å²) < 4.78 is 30.4. The van der Waals surface area contributed by atoms with Crippen LogP contribution in [0.1, 0.15) is 0 Å². The number of aromatic nitrogens is 2. The second-order valence-electron chi connectivity index (χ2n) is 3.19. The third kappa shape index (κ3) is 2.13. The molecule has 0 aliphatic rings. The van der Waals surface area contributed by atoms with Gasteiger partial charge in [-0.05, 0) is 12.1 Å². The van der Waals surface area contributed by atoms with Crippen LogP contribution in [0.4, 0.5) is 0 Å². The van der Waals surface area contributed by atoms with E-state index in [1.165, 1.54) is 44.0 Å². The van der Waals surface area contributed by atoms with E-state index in [4.69, 9.17) is 16.3 Å². The number of halogens is 1. The zero-order chi connectivity index (χ0) is 12.5. The highest BCUT2D eigenvalue weighted by Gasteiger charge is 2.21. The Kier molecular flexibility index (Phi) is 3.08. The average molecular weight is 273 g/mol. The van der Waals surface area contributed by atoms with Crippen molar-refractivity contribution >= 4 is 21.6 Å². The number of benzene rings is 1. The van der Waals surface area contributed by atoms with Crippen LogP contribution in [-0.2, 0) is 10.0 Å². The third-order valence-corrected chi connectivity index (χ3v) is 4.06. The molecule has 1 aromatic heterocycles. The standard InChI is InChI=1S/C10H9ClN2O3S/c1-16-9-6-8(11)2-3-10(9)17(14,15)13-5-4-12-7-13/h2-7H,1H3. The molecular weight excluding hydrogens is 264 g/mol. The quantitative estimate of drug-likeness (QED) is 0.854. The molecule has 1 aromatic carbocycles. The summed E-state index contributed by atoms with van der Waals surface area (Å²) in [4.78, 5) is 3.75. The number of rotatable bonds is 3. The van der Waals surface area contributed by atoms with Gasteiger partial charge in [-0.25, -0.2) is 17.4 Å². The van der Waals surface area contributed by atoms with Crippen molar-refractivity contribution in [3.05, 3.63) is 41.9 Å². The first kappa shape index (κ1) is 11.9. The Morgan fingerprint density at radius 1 is 1.41 bits per heavy atom. The lowest BCUT2D eigenvalue weighted by Crippen LogP contribution is -2.12. The van der Waals surface area contributed by atoms with Gasteiger partial charge in [0.15, 0.2) is 0 Å². The predicted octanol–water partition coefficient (Wildman–Crippen LogP) is 1.78. The second kappa shape index (κ2) is 4.38. The van der Waals surface area contributed by atoms with Crippen molar-refractivity contribution in [3.63, 3.8) is 0 Å². The molecule has 0 radical (unpaired) electrons. The number of imidazole rings is 1. The molecule has 7 heteroatoms. The predicted molar refractivity (Wildman–Crippen MR) is 62.8 cm³/mol. The summed E-state index contributed by atoms with van der Waals surface area (Å²) in [7, 11) is -2.30. The van der Waals surface area contributed by atoms with Crippen LogP contribution in [0, 0.1) is 0 Å². The first-order valence-corrected chi connectivity index (χ1v) is 6.44. The average Bonchev–Trinajstić information content (AvgIpc) is 2.82. The first-order chi connectivity index (χ1) is 8.05. The summed E-state index contributed by atoms with van der Waals surface area (Å²) in [5, 5.41) is 0.409. The highest BCUT2D eigenvalue weighted by atomic mass is 35.5. The first-order valence-electron chi connectivity index (χ1n) is 4.63. The van der Waals surface area contributed by atoms with E-state index in [1.807, 2.05) is 0 Å². The van der Waals surface area contributed by atoms with Crippen molar-refractivity contribution in [2.24, 2.45) is 0 Å². The van der Waals surface area contributed by atoms with E-state index in [-0.39, 0.29) is 10.6 Å². The van der Waals surface area contributed by atoms with Crippen molar-refractivity contribution < 1.29 is 13.2 Å². The molecule has 0 bridgehead atoms. The SMILES string of the molecule is COc1cc(Cl)ccc1S(=O)(=O)n1ccnc1. The molecule has 0 atom stereocenters. The van der Waals surface area contributed by atoms with Gasteiger partial charge < -0.3 is 4.74 Å². The molecule has 2 rings (SSSR count). The van der Waals surface area contributed by atoms with Crippen LogP contribution in [0.3, 0.4) is 0 Å². The van der Waals surface area contributed by atoms with Crippen molar-refractivity contribution in [1.82, 2.24) is 8.96 Å².